The maximum absolute atomic E-state index is 12.2. The van der Waals surface area contributed by atoms with E-state index in [1.807, 2.05) is 42.5 Å². The van der Waals surface area contributed by atoms with Crippen LogP contribution in [0.5, 0.6) is 0 Å². The van der Waals surface area contributed by atoms with Gasteiger partial charge >= 0.3 is 5.63 Å². The molecule has 0 spiro atoms. The number of nitrogens with zero attached hydrogens (tertiary/aromatic N) is 2. The highest BCUT2D eigenvalue weighted by Gasteiger charge is 2.13. The lowest BCUT2D eigenvalue weighted by Crippen LogP contribution is -2.34. The van der Waals surface area contributed by atoms with Gasteiger partial charge in [-0.2, -0.15) is 0 Å². The molecule has 0 aliphatic carbocycles. The van der Waals surface area contributed by atoms with Crippen molar-refractivity contribution in [2.24, 2.45) is 5.73 Å². The summed E-state index contributed by atoms with van der Waals surface area (Å²) in [5.74, 6) is -0.293. The van der Waals surface area contributed by atoms with Crippen LogP contribution >= 0.6 is 11.6 Å². The summed E-state index contributed by atoms with van der Waals surface area (Å²) in [6.45, 7) is 8.75. The highest BCUT2D eigenvalue weighted by Crippen LogP contribution is 2.24. The fourth-order valence-corrected chi connectivity index (χ4v) is 3.52. The Bertz CT molecular complexity index is 1070. The van der Waals surface area contributed by atoms with Crippen LogP contribution in [0, 0.1) is 5.41 Å². The number of likely N-dealkylation sites (N-methyl/N-ethyl adjacent to an activating group) is 1. The number of hydrogen-bond donors (Lipinski definition) is 2. The van der Waals surface area contributed by atoms with Crippen LogP contribution < -0.4 is 16.3 Å². The Kier molecular flexibility index (Phi) is 7.13. The number of fused-ring (bicyclic) bond motifs is 1. The number of halogens is 1. The summed E-state index contributed by atoms with van der Waals surface area (Å²) < 4.78 is 5.45. The summed E-state index contributed by atoms with van der Waals surface area (Å²) in [5.41, 5.74) is 7.54. The maximum Gasteiger partial charge on any atom is 0.347 e. The molecule has 6 nitrogen and oxygen atoms in total. The van der Waals surface area contributed by atoms with Gasteiger partial charge in [-0.1, -0.05) is 37.6 Å². The third-order valence-electron chi connectivity index (χ3n) is 5.24. The van der Waals surface area contributed by atoms with E-state index >= 15 is 0 Å². The molecule has 30 heavy (non-hydrogen) atoms. The molecule has 158 valence electrons. The van der Waals surface area contributed by atoms with Gasteiger partial charge in [-0.25, -0.2) is 4.79 Å². The van der Waals surface area contributed by atoms with Crippen molar-refractivity contribution in [3.05, 3.63) is 75.1 Å². The number of amidine groups is 1. The third kappa shape index (κ3) is 5.20. The van der Waals surface area contributed by atoms with Gasteiger partial charge in [0.15, 0.2) is 0 Å². The van der Waals surface area contributed by atoms with Gasteiger partial charge in [-0.05, 0) is 49.0 Å². The van der Waals surface area contributed by atoms with E-state index in [4.69, 9.17) is 27.2 Å². The molecular weight excluding hydrogens is 400 g/mol. The molecule has 0 unspecified atom stereocenters. The van der Waals surface area contributed by atoms with Gasteiger partial charge in [0, 0.05) is 41.8 Å². The minimum atomic E-state index is -0.598. The quantitative estimate of drug-likeness (QED) is 0.306. The number of benzene rings is 2. The lowest BCUT2D eigenvalue weighted by atomic mass is 10.1. The molecular formula is C23H27ClN4O2. The summed E-state index contributed by atoms with van der Waals surface area (Å²) in [5, 5.41) is 8.97. The molecule has 1 aromatic heterocycles. The summed E-state index contributed by atoms with van der Waals surface area (Å²) >= 11 is 6.03. The second-order valence-electron chi connectivity index (χ2n) is 7.16. The van der Waals surface area contributed by atoms with Crippen molar-refractivity contribution in [3.8, 4) is 0 Å². The van der Waals surface area contributed by atoms with Crippen molar-refractivity contribution in [1.29, 1.82) is 5.41 Å². The standard InChI is InChI=1S/C23H27ClN4O2/c1-3-27(4-2)11-12-28(15-16-5-8-18(24)9-6-16)19-10-7-17-13-20(22(25)26)23(29)30-21(17)14-19/h5-10,13-14H,3-4,11-12,15H2,1-2H3,(H3,25,26). The zero-order chi connectivity index (χ0) is 21.7. The Labute approximate surface area is 181 Å². The zero-order valence-corrected chi connectivity index (χ0v) is 18.1. The smallest absolute Gasteiger partial charge is 0.347 e. The molecule has 0 fully saturated rings. The fraction of sp³-hybridized carbons (Fsp3) is 0.304. The average molecular weight is 427 g/mol. The van der Waals surface area contributed by atoms with Crippen molar-refractivity contribution >= 4 is 34.1 Å². The molecule has 0 saturated heterocycles. The van der Waals surface area contributed by atoms with Gasteiger partial charge in [-0.15, -0.1) is 0 Å². The highest BCUT2D eigenvalue weighted by molar-refractivity contribution is 6.30. The topological polar surface area (TPSA) is 86.6 Å². The number of nitrogen functional groups attached to an aromatic ring is 1. The molecule has 3 rings (SSSR count). The molecule has 0 atom stereocenters. The first-order valence-corrected chi connectivity index (χ1v) is 10.4. The Balaban J connectivity index is 1.95. The second-order valence-corrected chi connectivity index (χ2v) is 7.59. The van der Waals surface area contributed by atoms with Crippen LogP contribution in [0.1, 0.15) is 25.0 Å². The zero-order valence-electron chi connectivity index (χ0n) is 17.3. The summed E-state index contributed by atoms with van der Waals surface area (Å²) in [4.78, 5) is 16.8. The molecule has 0 aliphatic rings. The van der Waals surface area contributed by atoms with Crippen LogP contribution in [-0.4, -0.2) is 36.9 Å². The Morgan fingerprint density at radius 3 is 2.40 bits per heavy atom. The summed E-state index contributed by atoms with van der Waals surface area (Å²) in [6.07, 6.45) is 0. The van der Waals surface area contributed by atoms with Crippen LogP contribution in [0.4, 0.5) is 5.69 Å². The van der Waals surface area contributed by atoms with E-state index < -0.39 is 5.63 Å². The lowest BCUT2D eigenvalue weighted by molar-refractivity contribution is 0.309. The first-order chi connectivity index (χ1) is 14.4. The minimum absolute atomic E-state index is 0.0785. The Morgan fingerprint density at radius 1 is 1.07 bits per heavy atom. The van der Waals surface area contributed by atoms with Gasteiger partial charge in [0.05, 0.1) is 0 Å². The first-order valence-electron chi connectivity index (χ1n) is 10.0. The first kappa shape index (κ1) is 21.9. The van der Waals surface area contributed by atoms with Crippen LogP contribution in [0.2, 0.25) is 5.02 Å². The number of anilines is 1. The normalized spacial score (nSPS) is 11.2. The van der Waals surface area contributed by atoms with E-state index in [1.54, 1.807) is 6.07 Å². The SMILES string of the molecule is CCN(CC)CCN(Cc1ccc(Cl)cc1)c1ccc2cc(C(=N)N)c(=O)oc2c1. The number of hydrogen-bond acceptors (Lipinski definition) is 5. The molecule has 3 aromatic rings. The minimum Gasteiger partial charge on any atom is -0.422 e. The van der Waals surface area contributed by atoms with E-state index in [-0.39, 0.29) is 11.4 Å². The average Bonchev–Trinajstić information content (AvgIpc) is 2.74. The van der Waals surface area contributed by atoms with Crippen LogP contribution in [0.3, 0.4) is 0 Å². The van der Waals surface area contributed by atoms with Crippen LogP contribution in [-0.2, 0) is 6.54 Å². The van der Waals surface area contributed by atoms with Crippen LogP contribution in [0.15, 0.2) is 57.7 Å². The number of nitrogens with one attached hydrogen (secondary N) is 1. The van der Waals surface area contributed by atoms with Crippen molar-refractivity contribution in [1.82, 2.24) is 4.90 Å². The maximum atomic E-state index is 12.2. The van der Waals surface area contributed by atoms with E-state index in [1.165, 1.54) is 0 Å². The van der Waals surface area contributed by atoms with E-state index in [0.29, 0.717) is 17.2 Å². The van der Waals surface area contributed by atoms with Crippen molar-refractivity contribution in [2.45, 2.75) is 20.4 Å². The molecule has 1 heterocycles. The molecule has 7 heteroatoms. The van der Waals surface area contributed by atoms with E-state index in [0.717, 1.165) is 42.8 Å². The molecule has 0 amide bonds. The molecule has 0 bridgehead atoms. The second kappa shape index (κ2) is 9.78. The molecule has 3 N–H and O–H groups in total. The Morgan fingerprint density at radius 2 is 1.77 bits per heavy atom. The molecule has 0 radical (unpaired) electrons. The molecule has 2 aromatic carbocycles. The number of nitrogens with two attached hydrogens (primary N) is 1. The van der Waals surface area contributed by atoms with E-state index in [9.17, 15) is 4.79 Å². The van der Waals surface area contributed by atoms with Gasteiger partial charge in [-0.3, -0.25) is 5.41 Å². The van der Waals surface area contributed by atoms with Gasteiger partial charge in [0.2, 0.25) is 0 Å². The summed E-state index contributed by atoms with van der Waals surface area (Å²) in [7, 11) is 0. The third-order valence-corrected chi connectivity index (χ3v) is 5.49. The monoisotopic (exact) mass is 426 g/mol. The molecule has 0 aliphatic heterocycles. The predicted molar refractivity (Wildman–Crippen MR) is 124 cm³/mol. The Hall–Kier alpha value is -2.83. The fourth-order valence-electron chi connectivity index (χ4n) is 3.40. The predicted octanol–water partition coefficient (Wildman–Crippen LogP) is 4.08. The van der Waals surface area contributed by atoms with Gasteiger partial charge in [0.1, 0.15) is 17.0 Å². The number of rotatable bonds is 9. The van der Waals surface area contributed by atoms with Crippen molar-refractivity contribution in [3.63, 3.8) is 0 Å². The molecule has 0 saturated carbocycles. The largest absolute Gasteiger partial charge is 0.422 e. The van der Waals surface area contributed by atoms with Gasteiger partial charge in [0.25, 0.3) is 0 Å². The highest BCUT2D eigenvalue weighted by atomic mass is 35.5. The lowest BCUT2D eigenvalue weighted by Gasteiger charge is -2.28. The summed E-state index contributed by atoms with van der Waals surface area (Å²) in [6, 6.07) is 15.2. The van der Waals surface area contributed by atoms with Crippen LogP contribution in [0.25, 0.3) is 11.0 Å². The van der Waals surface area contributed by atoms with Crippen molar-refractivity contribution in [2.75, 3.05) is 31.1 Å². The van der Waals surface area contributed by atoms with Gasteiger partial charge < -0.3 is 20.0 Å². The van der Waals surface area contributed by atoms with E-state index in [2.05, 4.69) is 23.6 Å². The van der Waals surface area contributed by atoms with Crippen molar-refractivity contribution < 1.29 is 4.42 Å².